The number of aromatic nitrogens is 2. The summed E-state index contributed by atoms with van der Waals surface area (Å²) in [7, 11) is 1.78. The number of pyridine rings is 2. The fourth-order valence-corrected chi connectivity index (χ4v) is 5.19. The van der Waals surface area contributed by atoms with Gasteiger partial charge in [0, 0.05) is 35.8 Å². The molecule has 4 rings (SSSR count). The van der Waals surface area contributed by atoms with E-state index in [1.54, 1.807) is 17.8 Å². The fraction of sp³-hybridized carbons (Fsp3) is 0.524. The number of amides is 3. The Hall–Kier alpha value is -2.43. The summed E-state index contributed by atoms with van der Waals surface area (Å²) < 4.78 is 1.67. The standard InChI is InChI=1S/C21H28N6O3S/c1-11-4-5-13(18(28)24-20(30)25-21-26-23-10-31-21)7-15(11)16-8-14-9-22-12(2)6-17(14)27(3)19(16)29/h6,8-9,11,13,15,21,23,26H,4-5,7,10H2,1-3H3,(H2,24,25,28,30). The SMILES string of the molecule is Cc1cc2c(cn1)cc(C1CC(C(=O)NC(=O)NC3NNCS3)CCC1C)c(=O)n2C. The van der Waals surface area contributed by atoms with Crippen molar-refractivity contribution in [2.24, 2.45) is 18.9 Å². The summed E-state index contributed by atoms with van der Waals surface area (Å²) in [6, 6.07) is 3.32. The molecule has 4 unspecified atom stereocenters. The molecular formula is C21H28N6O3S. The minimum atomic E-state index is -0.517. The first-order chi connectivity index (χ1) is 14.8. The summed E-state index contributed by atoms with van der Waals surface area (Å²) >= 11 is 1.49. The maximum atomic E-state index is 13.1. The van der Waals surface area contributed by atoms with Crippen molar-refractivity contribution in [3.63, 3.8) is 0 Å². The maximum absolute atomic E-state index is 13.1. The quantitative estimate of drug-likeness (QED) is 0.569. The molecule has 2 aromatic heterocycles. The molecule has 9 nitrogen and oxygen atoms in total. The van der Waals surface area contributed by atoms with Gasteiger partial charge in [-0.05, 0) is 50.2 Å². The minimum Gasteiger partial charge on any atom is -0.312 e. The molecule has 10 heteroatoms. The van der Waals surface area contributed by atoms with Crippen LogP contribution in [-0.2, 0) is 11.8 Å². The van der Waals surface area contributed by atoms with Gasteiger partial charge in [0.2, 0.25) is 5.91 Å². The third-order valence-corrected chi connectivity index (χ3v) is 7.17. The van der Waals surface area contributed by atoms with Crippen molar-refractivity contribution < 1.29 is 9.59 Å². The Bertz CT molecular complexity index is 1060. The first-order valence-corrected chi connectivity index (χ1v) is 11.6. The van der Waals surface area contributed by atoms with E-state index in [9.17, 15) is 14.4 Å². The van der Waals surface area contributed by atoms with E-state index in [-0.39, 0.29) is 34.7 Å². The van der Waals surface area contributed by atoms with Gasteiger partial charge in [-0.1, -0.05) is 6.92 Å². The molecule has 166 valence electrons. The van der Waals surface area contributed by atoms with Gasteiger partial charge in [-0.2, -0.15) is 0 Å². The second-order valence-electron chi connectivity index (χ2n) is 8.42. The van der Waals surface area contributed by atoms with Gasteiger partial charge < -0.3 is 9.88 Å². The Morgan fingerprint density at radius 2 is 2.10 bits per heavy atom. The lowest BCUT2D eigenvalue weighted by Gasteiger charge is -2.33. The summed E-state index contributed by atoms with van der Waals surface area (Å²) in [6.07, 6.45) is 3.85. The highest BCUT2D eigenvalue weighted by atomic mass is 32.2. The minimum absolute atomic E-state index is 0.0365. The lowest BCUT2D eigenvalue weighted by Crippen LogP contribution is -2.50. The van der Waals surface area contributed by atoms with E-state index in [2.05, 4.69) is 33.4 Å². The second kappa shape index (κ2) is 8.97. The number of hydrogen-bond donors (Lipinski definition) is 4. The van der Waals surface area contributed by atoms with Gasteiger partial charge in [0.15, 0.2) is 0 Å². The molecule has 2 aliphatic rings. The molecule has 3 amide bonds. The van der Waals surface area contributed by atoms with Crippen molar-refractivity contribution in [2.45, 2.75) is 44.5 Å². The van der Waals surface area contributed by atoms with Crippen molar-refractivity contribution in [3.05, 3.63) is 39.9 Å². The number of urea groups is 1. The fourth-order valence-electron chi connectivity index (χ4n) is 4.50. The monoisotopic (exact) mass is 444 g/mol. The molecule has 0 spiro atoms. The number of hydrogen-bond acceptors (Lipinski definition) is 7. The zero-order valence-electron chi connectivity index (χ0n) is 17.9. The number of thioether (sulfide) groups is 1. The molecule has 1 saturated heterocycles. The van der Waals surface area contributed by atoms with Crippen molar-refractivity contribution in [1.82, 2.24) is 31.0 Å². The van der Waals surface area contributed by atoms with Crippen molar-refractivity contribution in [2.75, 3.05) is 5.88 Å². The Labute approximate surface area is 184 Å². The third kappa shape index (κ3) is 4.60. The summed E-state index contributed by atoms with van der Waals surface area (Å²) in [5.74, 6) is 0.294. The predicted octanol–water partition coefficient (Wildman–Crippen LogP) is 1.67. The van der Waals surface area contributed by atoms with Crippen LogP contribution in [0.25, 0.3) is 10.9 Å². The Balaban J connectivity index is 1.52. The smallest absolute Gasteiger partial charge is 0.312 e. The first kappa shape index (κ1) is 21.8. The van der Waals surface area contributed by atoms with Gasteiger partial charge in [-0.15, -0.1) is 11.8 Å². The molecule has 4 N–H and O–H groups in total. The molecule has 0 bridgehead atoms. The number of fused-ring (bicyclic) bond motifs is 1. The van der Waals surface area contributed by atoms with E-state index in [1.807, 2.05) is 19.1 Å². The van der Waals surface area contributed by atoms with Crippen LogP contribution in [0.4, 0.5) is 4.79 Å². The highest BCUT2D eigenvalue weighted by molar-refractivity contribution is 8.00. The van der Waals surface area contributed by atoms with Crippen LogP contribution in [0.2, 0.25) is 0 Å². The highest BCUT2D eigenvalue weighted by Gasteiger charge is 2.35. The molecule has 2 fully saturated rings. The molecule has 1 aliphatic carbocycles. The van der Waals surface area contributed by atoms with Crippen LogP contribution >= 0.6 is 11.8 Å². The zero-order valence-corrected chi connectivity index (χ0v) is 18.7. The Morgan fingerprint density at radius 3 is 2.84 bits per heavy atom. The number of nitrogens with zero attached hydrogens (tertiary/aromatic N) is 2. The summed E-state index contributed by atoms with van der Waals surface area (Å²) in [5, 5.41) is 6.07. The van der Waals surface area contributed by atoms with Gasteiger partial charge in [0.1, 0.15) is 5.50 Å². The number of carbonyl (C=O) groups excluding carboxylic acids is 2. The third-order valence-electron chi connectivity index (χ3n) is 6.29. The molecule has 3 heterocycles. The summed E-state index contributed by atoms with van der Waals surface area (Å²) in [6.45, 7) is 4.02. The van der Waals surface area contributed by atoms with Crippen LogP contribution in [0.5, 0.6) is 0 Å². The Morgan fingerprint density at radius 1 is 1.29 bits per heavy atom. The largest absolute Gasteiger partial charge is 0.323 e. The van der Waals surface area contributed by atoms with E-state index in [4.69, 9.17) is 0 Å². The number of hydrazine groups is 1. The van der Waals surface area contributed by atoms with Crippen molar-refractivity contribution in [1.29, 1.82) is 0 Å². The molecule has 1 saturated carbocycles. The van der Waals surface area contributed by atoms with Crippen LogP contribution in [-0.4, -0.2) is 32.9 Å². The van der Waals surface area contributed by atoms with Crippen LogP contribution < -0.4 is 27.0 Å². The lowest BCUT2D eigenvalue weighted by atomic mass is 9.71. The predicted molar refractivity (Wildman–Crippen MR) is 120 cm³/mol. The number of rotatable bonds is 3. The zero-order chi connectivity index (χ0) is 22.1. The summed E-state index contributed by atoms with van der Waals surface area (Å²) in [5.41, 5.74) is 7.91. The van der Waals surface area contributed by atoms with E-state index in [0.29, 0.717) is 24.3 Å². The number of nitrogens with one attached hydrogen (secondary N) is 4. The molecule has 4 atom stereocenters. The van der Waals surface area contributed by atoms with E-state index >= 15 is 0 Å². The first-order valence-electron chi connectivity index (χ1n) is 10.5. The van der Waals surface area contributed by atoms with Crippen LogP contribution in [0, 0.1) is 18.8 Å². The second-order valence-corrected chi connectivity index (χ2v) is 9.51. The molecule has 0 radical (unpaired) electrons. The topological polar surface area (TPSA) is 117 Å². The van der Waals surface area contributed by atoms with E-state index in [1.165, 1.54) is 11.8 Å². The number of aryl methyl sites for hydroxylation is 2. The van der Waals surface area contributed by atoms with Gasteiger partial charge in [0.05, 0.1) is 11.4 Å². The normalized spacial score (nSPS) is 26.0. The van der Waals surface area contributed by atoms with E-state index in [0.717, 1.165) is 23.0 Å². The van der Waals surface area contributed by atoms with Crippen LogP contribution in [0.15, 0.2) is 23.1 Å². The lowest BCUT2D eigenvalue weighted by molar-refractivity contribution is -0.125. The van der Waals surface area contributed by atoms with Crippen LogP contribution in [0.3, 0.4) is 0 Å². The molecular weight excluding hydrogens is 416 g/mol. The number of imide groups is 1. The average Bonchev–Trinajstić information content (AvgIpc) is 3.24. The van der Waals surface area contributed by atoms with Crippen LogP contribution in [0.1, 0.15) is 43.4 Å². The van der Waals surface area contributed by atoms with Gasteiger partial charge >= 0.3 is 6.03 Å². The molecule has 1 aliphatic heterocycles. The molecule has 2 aromatic rings. The summed E-state index contributed by atoms with van der Waals surface area (Å²) in [4.78, 5) is 42.4. The van der Waals surface area contributed by atoms with Gasteiger partial charge in [-0.3, -0.25) is 19.9 Å². The number of carbonyl (C=O) groups is 2. The molecule has 0 aromatic carbocycles. The Kier molecular flexibility index (Phi) is 6.31. The van der Waals surface area contributed by atoms with Crippen molar-refractivity contribution in [3.8, 4) is 0 Å². The van der Waals surface area contributed by atoms with E-state index < -0.39 is 6.03 Å². The van der Waals surface area contributed by atoms with Gasteiger partial charge in [-0.25, -0.2) is 15.6 Å². The highest BCUT2D eigenvalue weighted by Crippen LogP contribution is 2.40. The van der Waals surface area contributed by atoms with Crippen molar-refractivity contribution >= 4 is 34.6 Å². The average molecular weight is 445 g/mol. The van der Waals surface area contributed by atoms with Gasteiger partial charge in [0.25, 0.3) is 5.56 Å². The maximum Gasteiger partial charge on any atom is 0.323 e. The molecule has 31 heavy (non-hydrogen) atoms.